The van der Waals surface area contributed by atoms with Crippen molar-refractivity contribution in [3.63, 3.8) is 0 Å². The molecule has 0 heterocycles. The number of carboxylic acids is 1. The summed E-state index contributed by atoms with van der Waals surface area (Å²) in [7, 11) is 0. The molecule has 174 valence electrons. The maximum Gasteiger partial charge on any atom is 0.336 e. The minimum Gasteiger partial charge on any atom is -0.494 e. The summed E-state index contributed by atoms with van der Waals surface area (Å²) in [5.41, 5.74) is 3.29. The Balaban J connectivity index is 1.66. The Labute approximate surface area is 192 Å². The van der Waals surface area contributed by atoms with Gasteiger partial charge in [0, 0.05) is 6.61 Å². The van der Waals surface area contributed by atoms with Gasteiger partial charge in [-0.2, -0.15) is 0 Å². The molecule has 3 rings (SSSR count). The summed E-state index contributed by atoms with van der Waals surface area (Å²) in [4.78, 5) is 11.8. The summed E-state index contributed by atoms with van der Waals surface area (Å²) >= 11 is 0. The summed E-state index contributed by atoms with van der Waals surface area (Å²) in [6, 6.07) is 13.7. The van der Waals surface area contributed by atoms with Crippen LogP contribution in [0.4, 0.5) is 0 Å². The van der Waals surface area contributed by atoms with Crippen LogP contribution in [0.3, 0.4) is 0 Å². The van der Waals surface area contributed by atoms with E-state index in [0.29, 0.717) is 29.4 Å². The summed E-state index contributed by atoms with van der Waals surface area (Å²) < 4.78 is 5.88. The van der Waals surface area contributed by atoms with E-state index in [2.05, 4.69) is 31.2 Å². The highest BCUT2D eigenvalue weighted by molar-refractivity contribution is 5.96. The van der Waals surface area contributed by atoms with Crippen molar-refractivity contribution in [1.82, 2.24) is 0 Å². The Morgan fingerprint density at radius 3 is 2.34 bits per heavy atom. The number of unbranched alkanes of at least 4 members (excludes halogenated alkanes) is 3. The zero-order valence-electron chi connectivity index (χ0n) is 19.4. The lowest BCUT2D eigenvalue weighted by molar-refractivity contribution is 0.0697. The van der Waals surface area contributed by atoms with E-state index in [4.69, 9.17) is 9.84 Å². The van der Waals surface area contributed by atoms with Gasteiger partial charge in [0.05, 0.1) is 12.2 Å². The summed E-state index contributed by atoms with van der Waals surface area (Å²) in [6.07, 6.45) is 11.5. The van der Waals surface area contributed by atoms with E-state index in [-0.39, 0.29) is 6.61 Å². The predicted octanol–water partition coefficient (Wildman–Crippen LogP) is 7.06. The van der Waals surface area contributed by atoms with Crippen molar-refractivity contribution < 1.29 is 19.7 Å². The number of carboxylic acid groups (broad SMARTS) is 1. The van der Waals surface area contributed by atoms with Crippen LogP contribution in [0.15, 0.2) is 42.5 Å². The molecule has 1 aliphatic carbocycles. The van der Waals surface area contributed by atoms with Crippen molar-refractivity contribution in [2.24, 2.45) is 5.92 Å². The van der Waals surface area contributed by atoms with Crippen molar-refractivity contribution >= 4 is 5.97 Å². The van der Waals surface area contributed by atoms with E-state index < -0.39 is 5.97 Å². The largest absolute Gasteiger partial charge is 0.494 e. The first-order valence-electron chi connectivity index (χ1n) is 12.3. The minimum atomic E-state index is -0.922. The highest BCUT2D eigenvalue weighted by Crippen LogP contribution is 2.38. The molecule has 0 amide bonds. The summed E-state index contributed by atoms with van der Waals surface area (Å²) in [6.45, 7) is 3.10. The number of rotatable bonds is 12. The Morgan fingerprint density at radius 2 is 1.69 bits per heavy atom. The highest BCUT2D eigenvalue weighted by atomic mass is 16.5. The lowest BCUT2D eigenvalue weighted by atomic mass is 9.77. The van der Waals surface area contributed by atoms with Gasteiger partial charge in [-0.3, -0.25) is 0 Å². The number of hydrogen-bond donors (Lipinski definition) is 2. The van der Waals surface area contributed by atoms with E-state index in [0.717, 1.165) is 37.2 Å². The number of carbonyl (C=O) groups is 1. The van der Waals surface area contributed by atoms with E-state index in [1.54, 1.807) is 12.1 Å². The second-order valence-electron chi connectivity index (χ2n) is 9.13. The molecule has 0 saturated heterocycles. The molecular formula is C28H38O4. The Kier molecular flexibility index (Phi) is 9.61. The SMILES string of the molecule is CCCC1CCC(c2ccc(-c3cc(OCCCCCCO)ccc3C(=O)O)cc2)CC1. The number of aromatic carboxylic acids is 1. The van der Waals surface area contributed by atoms with Crippen LogP contribution in [0, 0.1) is 5.92 Å². The van der Waals surface area contributed by atoms with Gasteiger partial charge in [-0.05, 0) is 91.7 Å². The fraction of sp³-hybridized carbons (Fsp3) is 0.536. The number of benzene rings is 2. The summed E-state index contributed by atoms with van der Waals surface area (Å²) in [5.74, 6) is 1.29. The second-order valence-corrected chi connectivity index (χ2v) is 9.13. The second kappa shape index (κ2) is 12.6. The lowest BCUT2D eigenvalue weighted by Crippen LogP contribution is -2.13. The monoisotopic (exact) mass is 438 g/mol. The Bertz CT molecular complexity index is 835. The van der Waals surface area contributed by atoms with Gasteiger partial charge in [-0.25, -0.2) is 4.79 Å². The molecule has 0 radical (unpaired) electrons. The van der Waals surface area contributed by atoms with Crippen LogP contribution in [0.25, 0.3) is 11.1 Å². The topological polar surface area (TPSA) is 66.8 Å². The molecule has 4 nitrogen and oxygen atoms in total. The van der Waals surface area contributed by atoms with Crippen LogP contribution in [-0.2, 0) is 0 Å². The third kappa shape index (κ3) is 6.83. The average molecular weight is 439 g/mol. The van der Waals surface area contributed by atoms with Crippen LogP contribution < -0.4 is 4.74 Å². The van der Waals surface area contributed by atoms with Gasteiger partial charge >= 0.3 is 5.97 Å². The van der Waals surface area contributed by atoms with Crippen LogP contribution in [0.2, 0.25) is 0 Å². The van der Waals surface area contributed by atoms with Crippen LogP contribution >= 0.6 is 0 Å². The van der Waals surface area contributed by atoms with Gasteiger partial charge in [0.25, 0.3) is 0 Å². The molecule has 0 unspecified atom stereocenters. The third-order valence-corrected chi connectivity index (χ3v) is 6.78. The molecule has 2 aromatic carbocycles. The molecule has 0 aliphatic heterocycles. The van der Waals surface area contributed by atoms with Crippen LogP contribution in [-0.4, -0.2) is 29.4 Å². The van der Waals surface area contributed by atoms with Crippen molar-refractivity contribution in [2.75, 3.05) is 13.2 Å². The molecule has 2 aromatic rings. The van der Waals surface area contributed by atoms with Crippen molar-refractivity contribution in [3.05, 3.63) is 53.6 Å². The first-order chi connectivity index (χ1) is 15.6. The molecule has 0 spiro atoms. The van der Waals surface area contributed by atoms with Gasteiger partial charge in [-0.1, -0.05) is 50.5 Å². The molecular weight excluding hydrogens is 400 g/mol. The normalized spacial score (nSPS) is 18.4. The molecule has 0 bridgehead atoms. The van der Waals surface area contributed by atoms with E-state index in [1.165, 1.54) is 44.1 Å². The molecule has 1 saturated carbocycles. The molecule has 4 heteroatoms. The standard InChI is InChI=1S/C28H38O4/c1-2-7-21-8-10-22(11-9-21)23-12-14-24(15-13-23)27-20-25(16-17-26(27)28(30)31)32-19-6-4-3-5-18-29/h12-17,20-22,29H,2-11,18-19H2,1H3,(H,30,31). The van der Waals surface area contributed by atoms with Gasteiger partial charge in [-0.15, -0.1) is 0 Å². The number of hydrogen-bond acceptors (Lipinski definition) is 3. The fourth-order valence-electron chi connectivity index (χ4n) is 4.92. The van der Waals surface area contributed by atoms with Crippen molar-refractivity contribution in [2.45, 2.75) is 77.0 Å². The van der Waals surface area contributed by atoms with Crippen molar-refractivity contribution in [3.8, 4) is 16.9 Å². The van der Waals surface area contributed by atoms with Crippen LogP contribution in [0.5, 0.6) is 5.75 Å². The fourth-order valence-corrected chi connectivity index (χ4v) is 4.92. The quantitative estimate of drug-likeness (QED) is 0.348. The summed E-state index contributed by atoms with van der Waals surface area (Å²) in [5, 5.41) is 18.5. The Hall–Kier alpha value is -2.33. The molecule has 32 heavy (non-hydrogen) atoms. The number of aliphatic hydroxyl groups excluding tert-OH is 1. The average Bonchev–Trinajstić information content (AvgIpc) is 2.82. The van der Waals surface area contributed by atoms with E-state index in [1.807, 2.05) is 6.07 Å². The van der Waals surface area contributed by atoms with Gasteiger partial charge < -0.3 is 14.9 Å². The predicted molar refractivity (Wildman–Crippen MR) is 129 cm³/mol. The lowest BCUT2D eigenvalue weighted by Gasteiger charge is -2.28. The van der Waals surface area contributed by atoms with Gasteiger partial charge in [0.2, 0.25) is 0 Å². The Morgan fingerprint density at radius 1 is 0.969 bits per heavy atom. The first-order valence-corrected chi connectivity index (χ1v) is 12.3. The highest BCUT2D eigenvalue weighted by Gasteiger charge is 2.22. The van der Waals surface area contributed by atoms with Gasteiger partial charge in [0.15, 0.2) is 0 Å². The maximum atomic E-state index is 11.8. The zero-order valence-corrected chi connectivity index (χ0v) is 19.4. The minimum absolute atomic E-state index is 0.236. The maximum absolute atomic E-state index is 11.8. The van der Waals surface area contributed by atoms with E-state index >= 15 is 0 Å². The number of aliphatic hydroxyl groups is 1. The first kappa shape index (κ1) is 24.3. The van der Waals surface area contributed by atoms with Gasteiger partial charge in [0.1, 0.15) is 5.75 Å². The smallest absolute Gasteiger partial charge is 0.336 e. The molecule has 1 fully saturated rings. The zero-order chi connectivity index (χ0) is 22.8. The third-order valence-electron chi connectivity index (χ3n) is 6.78. The van der Waals surface area contributed by atoms with Crippen LogP contribution in [0.1, 0.15) is 93.0 Å². The molecule has 0 aromatic heterocycles. The molecule has 1 aliphatic rings. The molecule has 2 N–H and O–H groups in total. The number of ether oxygens (including phenoxy) is 1. The van der Waals surface area contributed by atoms with Crippen molar-refractivity contribution in [1.29, 1.82) is 0 Å². The molecule has 0 atom stereocenters. The van der Waals surface area contributed by atoms with E-state index in [9.17, 15) is 9.90 Å².